The van der Waals surface area contributed by atoms with Crippen LogP contribution in [0.15, 0.2) is 23.2 Å². The molecule has 1 aromatic carbocycles. The summed E-state index contributed by atoms with van der Waals surface area (Å²) in [6.07, 6.45) is 1.05. The van der Waals surface area contributed by atoms with Crippen LogP contribution in [0.3, 0.4) is 0 Å². The number of isocyanates is 1. The van der Waals surface area contributed by atoms with Crippen LogP contribution in [0.5, 0.6) is 5.75 Å². The number of amides is 1. The lowest BCUT2D eigenvalue weighted by atomic mass is 10.2. The van der Waals surface area contributed by atoms with E-state index in [-0.39, 0.29) is 11.3 Å². The Kier molecular flexibility index (Phi) is 3.09. The number of carbonyl (C=O) groups excluding carboxylic acids is 2. The van der Waals surface area contributed by atoms with E-state index in [1.165, 1.54) is 25.3 Å². The first-order chi connectivity index (χ1) is 6.70. The number of methoxy groups -OCH3 is 1. The summed E-state index contributed by atoms with van der Waals surface area (Å²) in [6.45, 7) is 0. The second-order valence-electron chi connectivity index (χ2n) is 2.33. The van der Waals surface area contributed by atoms with Gasteiger partial charge in [0.15, 0.2) is 11.6 Å². The molecule has 0 saturated carbocycles. The first-order valence-electron chi connectivity index (χ1n) is 3.65. The number of ether oxygens (including phenoxy) is 1. The number of nitrogens with zero attached hydrogens (tertiary/aromatic N) is 1. The third-order valence-corrected chi connectivity index (χ3v) is 1.56. The van der Waals surface area contributed by atoms with Crippen LogP contribution in [0.4, 0.5) is 4.39 Å². The summed E-state index contributed by atoms with van der Waals surface area (Å²) in [4.78, 5) is 23.6. The summed E-state index contributed by atoms with van der Waals surface area (Å²) in [5.41, 5.74) is -0.312. The van der Waals surface area contributed by atoms with E-state index in [1.807, 2.05) is 0 Å². The number of aliphatic imine (C=N–C) groups is 1. The van der Waals surface area contributed by atoms with Crippen LogP contribution in [0.2, 0.25) is 0 Å². The molecule has 0 spiro atoms. The Labute approximate surface area is 79.0 Å². The van der Waals surface area contributed by atoms with Crippen molar-refractivity contribution in [2.24, 2.45) is 4.99 Å². The highest BCUT2D eigenvalue weighted by Gasteiger charge is 2.14. The van der Waals surface area contributed by atoms with E-state index in [4.69, 9.17) is 0 Å². The van der Waals surface area contributed by atoms with Gasteiger partial charge in [-0.25, -0.2) is 9.18 Å². The standard InChI is InChI=1S/C9H6FNO3/c1-14-7-4-2-3-6(8(7)10)9(13)11-5-12/h2-4H,1H3. The van der Waals surface area contributed by atoms with Gasteiger partial charge in [-0.15, -0.1) is 4.99 Å². The molecule has 0 N–H and O–H groups in total. The van der Waals surface area contributed by atoms with Crippen molar-refractivity contribution in [1.29, 1.82) is 0 Å². The van der Waals surface area contributed by atoms with Crippen LogP contribution < -0.4 is 4.74 Å². The molecule has 0 heterocycles. The molecule has 0 unspecified atom stereocenters. The molecular weight excluding hydrogens is 189 g/mol. The number of benzene rings is 1. The molecule has 0 radical (unpaired) electrons. The van der Waals surface area contributed by atoms with Gasteiger partial charge in [0, 0.05) is 0 Å². The Bertz CT molecular complexity index is 411. The maximum atomic E-state index is 13.3. The zero-order chi connectivity index (χ0) is 10.6. The van der Waals surface area contributed by atoms with Crippen LogP contribution in [-0.2, 0) is 4.79 Å². The molecule has 4 nitrogen and oxygen atoms in total. The molecule has 1 rings (SSSR count). The Morgan fingerprint density at radius 1 is 1.57 bits per heavy atom. The predicted octanol–water partition coefficient (Wildman–Crippen LogP) is 1.31. The summed E-state index contributed by atoms with van der Waals surface area (Å²) >= 11 is 0. The average Bonchev–Trinajstić information content (AvgIpc) is 2.18. The Balaban J connectivity index is 3.22. The molecule has 0 saturated heterocycles. The molecule has 0 aliphatic rings. The summed E-state index contributed by atoms with van der Waals surface area (Å²) < 4.78 is 18.0. The number of halogens is 1. The normalized spacial score (nSPS) is 9.00. The highest BCUT2D eigenvalue weighted by atomic mass is 19.1. The fraction of sp³-hybridized carbons (Fsp3) is 0.111. The molecule has 1 amide bonds. The van der Waals surface area contributed by atoms with E-state index < -0.39 is 11.7 Å². The van der Waals surface area contributed by atoms with Crippen LogP contribution >= 0.6 is 0 Å². The molecule has 72 valence electrons. The number of hydrogen-bond acceptors (Lipinski definition) is 3. The lowest BCUT2D eigenvalue weighted by molar-refractivity contribution is 0.0998. The largest absolute Gasteiger partial charge is 0.494 e. The smallest absolute Gasteiger partial charge is 0.290 e. The van der Waals surface area contributed by atoms with Crippen molar-refractivity contribution < 1.29 is 18.7 Å². The molecule has 0 atom stereocenters. The lowest BCUT2D eigenvalue weighted by Crippen LogP contribution is -2.00. The molecular formula is C9H6FNO3. The molecule has 14 heavy (non-hydrogen) atoms. The minimum Gasteiger partial charge on any atom is -0.494 e. The number of hydrogen-bond donors (Lipinski definition) is 0. The van der Waals surface area contributed by atoms with Crippen LogP contribution in [0.1, 0.15) is 10.4 Å². The zero-order valence-electron chi connectivity index (χ0n) is 7.28. The van der Waals surface area contributed by atoms with E-state index in [0.717, 1.165) is 6.08 Å². The molecule has 1 aromatic rings. The Morgan fingerprint density at radius 2 is 2.29 bits per heavy atom. The maximum absolute atomic E-state index is 13.3. The molecule has 5 heteroatoms. The summed E-state index contributed by atoms with van der Waals surface area (Å²) in [5, 5.41) is 0. The van der Waals surface area contributed by atoms with Crippen molar-refractivity contribution in [3.63, 3.8) is 0 Å². The van der Waals surface area contributed by atoms with Gasteiger partial charge in [-0.3, -0.25) is 4.79 Å². The van der Waals surface area contributed by atoms with E-state index in [9.17, 15) is 14.0 Å². The van der Waals surface area contributed by atoms with Gasteiger partial charge in [0.2, 0.25) is 6.08 Å². The number of carbonyl (C=O) groups is 1. The summed E-state index contributed by atoms with van der Waals surface area (Å²) in [5.74, 6) is -1.88. The second-order valence-corrected chi connectivity index (χ2v) is 2.33. The molecule has 0 aliphatic carbocycles. The van der Waals surface area contributed by atoms with Crippen LogP contribution in [-0.4, -0.2) is 19.1 Å². The Hall–Kier alpha value is -2.00. The van der Waals surface area contributed by atoms with E-state index in [0.29, 0.717) is 0 Å². The van der Waals surface area contributed by atoms with Gasteiger partial charge in [-0.05, 0) is 12.1 Å². The van der Waals surface area contributed by atoms with Gasteiger partial charge in [0.1, 0.15) is 0 Å². The second kappa shape index (κ2) is 4.30. The van der Waals surface area contributed by atoms with Crippen molar-refractivity contribution in [3.8, 4) is 5.75 Å². The third-order valence-electron chi connectivity index (χ3n) is 1.56. The number of rotatable bonds is 2. The minimum absolute atomic E-state index is 0.0723. The van der Waals surface area contributed by atoms with E-state index >= 15 is 0 Å². The van der Waals surface area contributed by atoms with Crippen molar-refractivity contribution >= 4 is 12.0 Å². The lowest BCUT2D eigenvalue weighted by Gasteiger charge is -2.02. The molecule has 0 aliphatic heterocycles. The Morgan fingerprint density at radius 3 is 2.86 bits per heavy atom. The van der Waals surface area contributed by atoms with Crippen molar-refractivity contribution in [3.05, 3.63) is 29.6 Å². The van der Waals surface area contributed by atoms with Crippen LogP contribution in [0.25, 0.3) is 0 Å². The fourth-order valence-electron chi connectivity index (χ4n) is 0.935. The fourth-order valence-corrected chi connectivity index (χ4v) is 0.935. The average molecular weight is 195 g/mol. The van der Waals surface area contributed by atoms with Gasteiger partial charge < -0.3 is 4.74 Å². The van der Waals surface area contributed by atoms with Crippen molar-refractivity contribution in [2.45, 2.75) is 0 Å². The SMILES string of the molecule is COc1cccc(C(=O)N=C=O)c1F. The summed E-state index contributed by atoms with van der Waals surface area (Å²) in [7, 11) is 1.27. The van der Waals surface area contributed by atoms with Gasteiger partial charge in [-0.1, -0.05) is 6.07 Å². The quantitative estimate of drug-likeness (QED) is 0.528. The van der Waals surface area contributed by atoms with Gasteiger partial charge in [-0.2, -0.15) is 0 Å². The third kappa shape index (κ3) is 1.84. The summed E-state index contributed by atoms with van der Waals surface area (Å²) in [6, 6.07) is 3.99. The zero-order valence-corrected chi connectivity index (χ0v) is 7.28. The van der Waals surface area contributed by atoms with Crippen molar-refractivity contribution in [2.75, 3.05) is 7.11 Å². The van der Waals surface area contributed by atoms with Gasteiger partial charge in [0.25, 0.3) is 5.91 Å². The topological polar surface area (TPSA) is 55.7 Å². The molecule has 0 bridgehead atoms. The van der Waals surface area contributed by atoms with E-state index in [1.54, 1.807) is 0 Å². The molecule has 0 fully saturated rings. The van der Waals surface area contributed by atoms with E-state index in [2.05, 4.69) is 9.73 Å². The first kappa shape index (κ1) is 10.1. The van der Waals surface area contributed by atoms with Crippen LogP contribution in [0, 0.1) is 5.82 Å². The minimum atomic E-state index is -0.976. The highest BCUT2D eigenvalue weighted by Crippen LogP contribution is 2.20. The van der Waals surface area contributed by atoms with Gasteiger partial charge in [0.05, 0.1) is 12.7 Å². The monoisotopic (exact) mass is 195 g/mol. The van der Waals surface area contributed by atoms with Gasteiger partial charge >= 0.3 is 0 Å². The maximum Gasteiger partial charge on any atom is 0.290 e. The molecule has 0 aromatic heterocycles. The first-order valence-corrected chi connectivity index (χ1v) is 3.65. The van der Waals surface area contributed by atoms with Crippen molar-refractivity contribution in [1.82, 2.24) is 0 Å². The highest BCUT2D eigenvalue weighted by molar-refractivity contribution is 5.98. The predicted molar refractivity (Wildman–Crippen MR) is 45.4 cm³/mol.